The topological polar surface area (TPSA) is 81.3 Å². The fourth-order valence-corrected chi connectivity index (χ4v) is 4.69. The molecule has 0 fully saturated rings. The lowest BCUT2D eigenvalue weighted by Gasteiger charge is -2.11. The third-order valence-electron chi connectivity index (χ3n) is 5.38. The van der Waals surface area contributed by atoms with Gasteiger partial charge in [0.1, 0.15) is 5.69 Å². The molecule has 4 aromatic rings. The molecule has 7 nitrogen and oxygen atoms in total. The van der Waals surface area contributed by atoms with Gasteiger partial charge >= 0.3 is 0 Å². The minimum atomic E-state index is -0.226. The van der Waals surface area contributed by atoms with Crippen LogP contribution in [-0.2, 0) is 11.2 Å². The number of carbonyl (C=O) groups is 1. The van der Waals surface area contributed by atoms with Crippen molar-refractivity contribution in [3.05, 3.63) is 68.2 Å². The molecule has 1 atom stereocenters. The Morgan fingerprint density at radius 3 is 2.78 bits per heavy atom. The van der Waals surface area contributed by atoms with E-state index < -0.39 is 0 Å². The van der Waals surface area contributed by atoms with Gasteiger partial charge in [0.15, 0.2) is 4.96 Å². The van der Waals surface area contributed by atoms with Crippen LogP contribution in [0.15, 0.2) is 40.5 Å². The SMILES string of the molecule is CC[C@H](C)NC(=O)Cc1csc2nc(C)c(-c3cc(C)n(-c4cccc(Cl)c4)n3)c(=O)n12. The molecule has 0 radical (unpaired) electrons. The number of fused-ring (bicyclic) bond motifs is 1. The van der Waals surface area contributed by atoms with E-state index in [1.807, 2.05) is 50.4 Å². The second-order valence-corrected chi connectivity index (χ2v) is 9.11. The highest BCUT2D eigenvalue weighted by Crippen LogP contribution is 2.24. The van der Waals surface area contributed by atoms with Crippen molar-refractivity contribution in [2.45, 2.75) is 46.6 Å². The van der Waals surface area contributed by atoms with Gasteiger partial charge in [-0.25, -0.2) is 9.67 Å². The fraction of sp³-hybridized carbons (Fsp3) is 0.304. The summed E-state index contributed by atoms with van der Waals surface area (Å²) in [5, 5.41) is 10.0. The van der Waals surface area contributed by atoms with Crippen LogP contribution < -0.4 is 10.9 Å². The molecule has 0 aliphatic heterocycles. The second-order valence-electron chi connectivity index (χ2n) is 7.84. The summed E-state index contributed by atoms with van der Waals surface area (Å²) in [4.78, 5) is 31.1. The summed E-state index contributed by atoms with van der Waals surface area (Å²) in [6, 6.07) is 9.32. The number of aryl methyl sites for hydroxylation is 2. The molecule has 1 N–H and O–H groups in total. The van der Waals surface area contributed by atoms with Crippen molar-refractivity contribution in [2.75, 3.05) is 0 Å². The first-order chi connectivity index (χ1) is 15.3. The number of halogens is 1. The van der Waals surface area contributed by atoms with Gasteiger partial charge < -0.3 is 5.32 Å². The number of aromatic nitrogens is 4. The van der Waals surface area contributed by atoms with Crippen molar-refractivity contribution in [3.63, 3.8) is 0 Å². The molecule has 0 bridgehead atoms. The number of nitrogens with zero attached hydrogens (tertiary/aromatic N) is 4. The van der Waals surface area contributed by atoms with Gasteiger partial charge in [0.2, 0.25) is 5.91 Å². The normalized spacial score (nSPS) is 12.3. The van der Waals surface area contributed by atoms with E-state index in [-0.39, 0.29) is 23.9 Å². The molecule has 9 heteroatoms. The molecule has 0 unspecified atom stereocenters. The van der Waals surface area contributed by atoms with Gasteiger partial charge in [0.25, 0.3) is 5.56 Å². The molecule has 1 amide bonds. The Labute approximate surface area is 194 Å². The van der Waals surface area contributed by atoms with E-state index in [0.29, 0.717) is 32.6 Å². The Morgan fingerprint density at radius 2 is 2.06 bits per heavy atom. The van der Waals surface area contributed by atoms with E-state index in [2.05, 4.69) is 15.4 Å². The van der Waals surface area contributed by atoms with Gasteiger partial charge in [0, 0.05) is 27.8 Å². The van der Waals surface area contributed by atoms with Crippen LogP contribution in [0.25, 0.3) is 21.9 Å². The van der Waals surface area contributed by atoms with Crippen LogP contribution in [-0.4, -0.2) is 31.1 Å². The molecule has 166 valence electrons. The molecule has 0 aliphatic carbocycles. The number of carbonyl (C=O) groups excluding carboxylic acids is 1. The average molecular weight is 470 g/mol. The molecule has 0 saturated carbocycles. The lowest BCUT2D eigenvalue weighted by molar-refractivity contribution is -0.121. The van der Waals surface area contributed by atoms with Crippen molar-refractivity contribution < 1.29 is 4.79 Å². The van der Waals surface area contributed by atoms with Crippen molar-refractivity contribution in [3.8, 4) is 16.9 Å². The van der Waals surface area contributed by atoms with Crippen LogP contribution in [0.3, 0.4) is 0 Å². The van der Waals surface area contributed by atoms with Gasteiger partial charge in [-0.1, -0.05) is 24.6 Å². The Hall–Kier alpha value is -2.97. The molecule has 1 aromatic carbocycles. The zero-order chi connectivity index (χ0) is 23.0. The number of nitrogens with one attached hydrogen (secondary N) is 1. The summed E-state index contributed by atoms with van der Waals surface area (Å²) in [6.07, 6.45) is 0.958. The van der Waals surface area contributed by atoms with Gasteiger partial charge in [0.05, 0.1) is 23.4 Å². The summed E-state index contributed by atoms with van der Waals surface area (Å²) < 4.78 is 3.28. The number of hydrogen-bond donors (Lipinski definition) is 1. The third-order valence-corrected chi connectivity index (χ3v) is 6.49. The number of amides is 1. The third kappa shape index (κ3) is 4.20. The highest BCUT2D eigenvalue weighted by atomic mass is 35.5. The molecule has 0 saturated heterocycles. The van der Waals surface area contributed by atoms with Crippen molar-refractivity contribution in [1.82, 2.24) is 24.5 Å². The molecule has 0 aliphatic rings. The van der Waals surface area contributed by atoms with Crippen LogP contribution in [0.4, 0.5) is 0 Å². The van der Waals surface area contributed by atoms with Crippen molar-refractivity contribution in [2.24, 2.45) is 0 Å². The van der Waals surface area contributed by atoms with E-state index in [4.69, 9.17) is 11.6 Å². The first kappa shape index (κ1) is 22.2. The van der Waals surface area contributed by atoms with E-state index in [1.54, 1.807) is 17.7 Å². The van der Waals surface area contributed by atoms with E-state index in [1.165, 1.54) is 15.7 Å². The highest BCUT2D eigenvalue weighted by molar-refractivity contribution is 7.15. The second kappa shape index (κ2) is 8.88. The molecule has 3 aromatic heterocycles. The molecule has 4 rings (SSSR count). The summed E-state index contributed by atoms with van der Waals surface area (Å²) in [7, 11) is 0. The predicted molar refractivity (Wildman–Crippen MR) is 128 cm³/mol. The molecule has 0 spiro atoms. The van der Waals surface area contributed by atoms with Gasteiger partial charge in [-0.3, -0.25) is 14.0 Å². The number of rotatable bonds is 6. The minimum Gasteiger partial charge on any atom is -0.353 e. The smallest absolute Gasteiger partial charge is 0.268 e. The predicted octanol–water partition coefficient (Wildman–Crippen LogP) is 4.34. The maximum absolute atomic E-state index is 13.5. The highest BCUT2D eigenvalue weighted by Gasteiger charge is 2.20. The van der Waals surface area contributed by atoms with E-state index in [0.717, 1.165) is 17.8 Å². The lowest BCUT2D eigenvalue weighted by Crippen LogP contribution is -2.34. The standard InChI is InChI=1S/C23H24ClN5O2S/c1-5-13(2)25-20(30)11-18-12-32-23-26-15(4)21(22(31)28(18)23)19-9-14(3)29(27-19)17-8-6-7-16(24)10-17/h6-10,12-13H,5,11H2,1-4H3,(H,25,30)/t13-/m0/s1. The Kier molecular flexibility index (Phi) is 6.17. The summed E-state index contributed by atoms with van der Waals surface area (Å²) >= 11 is 7.49. The summed E-state index contributed by atoms with van der Waals surface area (Å²) in [5.74, 6) is -0.117. The Bertz CT molecular complexity index is 1370. The van der Waals surface area contributed by atoms with Gasteiger partial charge in [-0.15, -0.1) is 11.3 Å². The largest absolute Gasteiger partial charge is 0.353 e. The number of hydrogen-bond acceptors (Lipinski definition) is 5. The quantitative estimate of drug-likeness (QED) is 0.455. The summed E-state index contributed by atoms with van der Waals surface area (Å²) in [6.45, 7) is 7.70. The van der Waals surface area contributed by atoms with Crippen molar-refractivity contribution >= 4 is 33.8 Å². The maximum Gasteiger partial charge on any atom is 0.268 e. The van der Waals surface area contributed by atoms with Crippen LogP contribution in [0, 0.1) is 13.8 Å². The monoisotopic (exact) mass is 469 g/mol. The van der Waals surface area contributed by atoms with E-state index in [9.17, 15) is 9.59 Å². The first-order valence-corrected chi connectivity index (χ1v) is 11.7. The molecule has 32 heavy (non-hydrogen) atoms. The van der Waals surface area contributed by atoms with Crippen LogP contribution >= 0.6 is 22.9 Å². The minimum absolute atomic E-state index is 0.0819. The first-order valence-electron chi connectivity index (χ1n) is 10.4. The molecule has 3 heterocycles. The van der Waals surface area contributed by atoms with Crippen LogP contribution in [0.2, 0.25) is 5.02 Å². The Balaban J connectivity index is 1.78. The van der Waals surface area contributed by atoms with Gasteiger partial charge in [-0.05, 0) is 51.5 Å². The van der Waals surface area contributed by atoms with Gasteiger partial charge in [-0.2, -0.15) is 5.10 Å². The van der Waals surface area contributed by atoms with E-state index >= 15 is 0 Å². The van der Waals surface area contributed by atoms with Crippen LogP contribution in [0.1, 0.15) is 37.4 Å². The zero-order valence-electron chi connectivity index (χ0n) is 18.3. The lowest BCUT2D eigenvalue weighted by atomic mass is 10.1. The number of thiazole rings is 1. The fourth-order valence-electron chi connectivity index (χ4n) is 3.58. The average Bonchev–Trinajstić information content (AvgIpc) is 3.31. The van der Waals surface area contributed by atoms with Crippen molar-refractivity contribution in [1.29, 1.82) is 0 Å². The number of benzene rings is 1. The maximum atomic E-state index is 13.5. The summed E-state index contributed by atoms with van der Waals surface area (Å²) in [5.41, 5.74) is 3.63. The molecular formula is C23H24ClN5O2S. The Morgan fingerprint density at radius 1 is 1.28 bits per heavy atom. The zero-order valence-corrected chi connectivity index (χ0v) is 19.9. The molecular weight excluding hydrogens is 446 g/mol. The van der Waals surface area contributed by atoms with Crippen LogP contribution in [0.5, 0.6) is 0 Å².